The van der Waals surface area contributed by atoms with Crippen molar-refractivity contribution in [2.75, 3.05) is 26.2 Å². The van der Waals surface area contributed by atoms with E-state index in [1.165, 1.54) is 23.4 Å². The molecule has 6 nitrogen and oxygen atoms in total. The zero-order valence-corrected chi connectivity index (χ0v) is 19.8. The lowest BCUT2D eigenvalue weighted by molar-refractivity contribution is -0.147. The van der Waals surface area contributed by atoms with Crippen LogP contribution in [0.5, 0.6) is 0 Å². The van der Waals surface area contributed by atoms with Gasteiger partial charge in [-0.15, -0.1) is 0 Å². The molecule has 2 atom stereocenters. The topological polar surface area (TPSA) is 86.7 Å². The summed E-state index contributed by atoms with van der Waals surface area (Å²) >= 11 is 0. The van der Waals surface area contributed by atoms with Gasteiger partial charge in [0.1, 0.15) is 5.25 Å². The first kappa shape index (κ1) is 24.7. The Morgan fingerprint density at radius 1 is 1.18 bits per heavy atom. The lowest BCUT2D eigenvalue weighted by Crippen LogP contribution is -2.50. The van der Waals surface area contributed by atoms with Crippen molar-refractivity contribution in [2.45, 2.75) is 38.1 Å². The molecule has 184 valence electrons. The van der Waals surface area contributed by atoms with Crippen LogP contribution >= 0.6 is 0 Å². The number of hydrogen-bond donors (Lipinski definition) is 2. The Hall–Kier alpha value is -2.43. The van der Waals surface area contributed by atoms with Gasteiger partial charge in [-0.25, -0.2) is 8.42 Å². The molecule has 4 rings (SSSR count). The Kier molecular flexibility index (Phi) is 6.28. The van der Waals surface area contributed by atoms with E-state index in [2.05, 4.69) is 5.32 Å². The number of carboxylic acids is 1. The van der Waals surface area contributed by atoms with Crippen molar-refractivity contribution in [3.8, 4) is 0 Å². The zero-order valence-electron chi connectivity index (χ0n) is 18.9. The number of aryl methyl sites for hydroxylation is 1. The molecule has 1 fully saturated rings. The molecule has 0 bridgehead atoms. The summed E-state index contributed by atoms with van der Waals surface area (Å²) in [4.78, 5) is 12.4. The van der Waals surface area contributed by atoms with Crippen LogP contribution in [0.15, 0.2) is 36.4 Å². The molecule has 2 aromatic carbocycles. The largest absolute Gasteiger partial charge is 0.481 e. The first-order valence-corrected chi connectivity index (χ1v) is 12.6. The predicted molar refractivity (Wildman–Crippen MR) is 121 cm³/mol. The molecule has 34 heavy (non-hydrogen) atoms. The molecule has 2 N–H and O–H groups in total. The zero-order chi connectivity index (χ0) is 24.9. The Bertz CT molecular complexity index is 1210. The summed E-state index contributed by atoms with van der Waals surface area (Å²) < 4.78 is 67.6. The number of carboxylic acid groups (broad SMARTS) is 1. The third-order valence-corrected chi connectivity index (χ3v) is 9.28. The van der Waals surface area contributed by atoms with Gasteiger partial charge < -0.3 is 10.4 Å². The fraction of sp³-hybridized carbons (Fsp3) is 0.458. The maximum absolute atomic E-state index is 13.7. The Labute approximate surface area is 196 Å². The second-order valence-corrected chi connectivity index (χ2v) is 11.4. The summed E-state index contributed by atoms with van der Waals surface area (Å²) in [7, 11) is -3.97. The van der Waals surface area contributed by atoms with Crippen LogP contribution < -0.4 is 5.32 Å². The summed E-state index contributed by atoms with van der Waals surface area (Å²) in [5.74, 6) is -1.19. The van der Waals surface area contributed by atoms with Crippen molar-refractivity contribution < 1.29 is 31.5 Å². The smallest absolute Gasteiger partial charge is 0.416 e. The lowest BCUT2D eigenvalue weighted by Gasteiger charge is -2.34. The molecule has 2 unspecified atom stereocenters. The van der Waals surface area contributed by atoms with Crippen LogP contribution in [0, 0.1) is 12.3 Å². The summed E-state index contributed by atoms with van der Waals surface area (Å²) in [6, 6.07) is 8.44. The highest BCUT2D eigenvalue weighted by Crippen LogP contribution is 2.52. The number of benzene rings is 2. The van der Waals surface area contributed by atoms with Gasteiger partial charge in [-0.3, -0.25) is 4.79 Å². The number of sulfonamides is 1. The van der Waals surface area contributed by atoms with Crippen molar-refractivity contribution in [3.63, 3.8) is 0 Å². The first-order chi connectivity index (χ1) is 15.8. The number of nitrogens with zero attached hydrogens (tertiary/aromatic N) is 1. The Morgan fingerprint density at radius 2 is 1.79 bits per heavy atom. The fourth-order valence-electron chi connectivity index (χ4n) is 5.09. The number of nitrogens with one attached hydrogen (secondary N) is 1. The van der Waals surface area contributed by atoms with Crippen LogP contribution in [0.25, 0.3) is 0 Å². The van der Waals surface area contributed by atoms with E-state index in [9.17, 15) is 31.5 Å². The van der Waals surface area contributed by atoms with Gasteiger partial charge in [0.05, 0.1) is 11.0 Å². The first-order valence-electron chi connectivity index (χ1n) is 11.1. The highest BCUT2D eigenvalue weighted by atomic mass is 32.2. The van der Waals surface area contributed by atoms with Crippen LogP contribution in [0.2, 0.25) is 0 Å². The number of hydrogen-bond acceptors (Lipinski definition) is 4. The normalized spacial score (nSPS) is 23.6. The van der Waals surface area contributed by atoms with Crippen molar-refractivity contribution >= 4 is 16.0 Å². The Morgan fingerprint density at radius 3 is 2.35 bits per heavy atom. The van der Waals surface area contributed by atoms with E-state index in [0.717, 1.165) is 23.3 Å². The van der Waals surface area contributed by atoms with E-state index in [1.807, 2.05) is 6.07 Å². The van der Waals surface area contributed by atoms with E-state index in [-0.39, 0.29) is 25.9 Å². The number of fused-ring (bicyclic) bond motifs is 1. The molecular weight excluding hydrogens is 469 g/mol. The van der Waals surface area contributed by atoms with Crippen molar-refractivity contribution in [1.82, 2.24) is 9.62 Å². The maximum atomic E-state index is 13.7. The monoisotopic (exact) mass is 496 g/mol. The SMILES string of the molecule is Cc1cc(Cc2ccc(C(F)(F)F)cc2)c2c(c1)C(S(=O)(=O)N1CCNCC1)C(C)(C(=O)O)C2. The van der Waals surface area contributed by atoms with E-state index >= 15 is 0 Å². The molecule has 1 aliphatic carbocycles. The van der Waals surface area contributed by atoms with E-state index in [4.69, 9.17) is 0 Å². The number of rotatable bonds is 5. The average molecular weight is 497 g/mol. The minimum Gasteiger partial charge on any atom is -0.481 e. The molecule has 1 saturated heterocycles. The van der Waals surface area contributed by atoms with Gasteiger partial charge in [-0.05, 0) is 61.1 Å². The molecule has 0 saturated carbocycles. The van der Waals surface area contributed by atoms with Crippen molar-refractivity contribution in [3.05, 3.63) is 69.8 Å². The molecule has 2 aromatic rings. The Balaban J connectivity index is 1.78. The van der Waals surface area contributed by atoms with Crippen molar-refractivity contribution in [2.24, 2.45) is 5.41 Å². The van der Waals surface area contributed by atoms with Gasteiger partial charge in [-0.1, -0.05) is 29.8 Å². The number of aliphatic carboxylic acids is 1. The van der Waals surface area contributed by atoms with Crippen LogP contribution in [-0.2, 0) is 33.8 Å². The summed E-state index contributed by atoms with van der Waals surface area (Å²) in [5, 5.41) is 12.0. The third-order valence-electron chi connectivity index (χ3n) is 6.82. The standard InChI is InChI=1S/C24H27F3N2O4S/c1-15-11-17(13-16-3-5-18(6-4-16)24(25,26)27)20-14-23(2,22(30)31)21(19(20)12-15)34(32,33)29-9-7-28-8-10-29/h3-6,11-12,21,28H,7-10,13-14H2,1-2H3,(H,30,31). The van der Waals surface area contributed by atoms with Gasteiger partial charge >= 0.3 is 12.1 Å². The molecule has 1 heterocycles. The second-order valence-electron chi connectivity index (χ2n) is 9.34. The minimum atomic E-state index is -4.43. The quantitative estimate of drug-likeness (QED) is 0.662. The van der Waals surface area contributed by atoms with E-state index in [0.29, 0.717) is 29.8 Å². The van der Waals surface area contributed by atoms with Crippen LogP contribution in [0.4, 0.5) is 13.2 Å². The summed E-state index contributed by atoms with van der Waals surface area (Å²) in [6.45, 7) is 4.81. The molecule has 2 aliphatic rings. The van der Waals surface area contributed by atoms with Gasteiger partial charge in [0, 0.05) is 26.2 Å². The molecule has 10 heteroatoms. The number of carbonyl (C=O) groups is 1. The number of alkyl halides is 3. The average Bonchev–Trinajstić information content (AvgIpc) is 3.08. The number of piperazine rings is 1. The van der Waals surface area contributed by atoms with Crippen LogP contribution in [0.1, 0.15) is 45.6 Å². The van der Waals surface area contributed by atoms with Gasteiger partial charge in [-0.2, -0.15) is 17.5 Å². The predicted octanol–water partition coefficient (Wildman–Crippen LogP) is 3.53. The van der Waals surface area contributed by atoms with Gasteiger partial charge in [0.25, 0.3) is 0 Å². The van der Waals surface area contributed by atoms with Gasteiger partial charge in [0.15, 0.2) is 0 Å². The van der Waals surface area contributed by atoms with Gasteiger partial charge in [0.2, 0.25) is 10.0 Å². The van der Waals surface area contributed by atoms with Crippen molar-refractivity contribution in [1.29, 1.82) is 0 Å². The fourth-order valence-corrected chi connectivity index (χ4v) is 7.45. The second kappa shape index (κ2) is 8.66. The molecule has 0 spiro atoms. The minimum absolute atomic E-state index is 0.0316. The molecular formula is C24H27F3N2O4S. The highest BCUT2D eigenvalue weighted by Gasteiger charge is 2.56. The number of halogens is 3. The van der Waals surface area contributed by atoms with Crippen LogP contribution in [0.3, 0.4) is 0 Å². The molecule has 0 amide bonds. The highest BCUT2D eigenvalue weighted by molar-refractivity contribution is 7.89. The summed E-state index contributed by atoms with van der Waals surface area (Å²) in [5.41, 5.74) is 0.965. The molecule has 0 radical (unpaired) electrons. The lowest BCUT2D eigenvalue weighted by atomic mass is 9.86. The molecule has 0 aromatic heterocycles. The maximum Gasteiger partial charge on any atom is 0.416 e. The van der Waals surface area contributed by atoms with E-state index < -0.39 is 38.4 Å². The summed E-state index contributed by atoms with van der Waals surface area (Å²) in [6.07, 6.45) is -4.12. The molecule has 1 aliphatic heterocycles. The third kappa shape index (κ3) is 4.34. The van der Waals surface area contributed by atoms with Crippen LogP contribution in [-0.4, -0.2) is 50.0 Å². The van der Waals surface area contributed by atoms with E-state index in [1.54, 1.807) is 13.0 Å².